The van der Waals surface area contributed by atoms with E-state index in [9.17, 15) is 9.18 Å². The van der Waals surface area contributed by atoms with Gasteiger partial charge in [-0.1, -0.05) is 38.1 Å². The van der Waals surface area contributed by atoms with Crippen LogP contribution in [0.4, 0.5) is 4.39 Å². The van der Waals surface area contributed by atoms with Crippen molar-refractivity contribution in [2.24, 2.45) is 5.92 Å². The summed E-state index contributed by atoms with van der Waals surface area (Å²) in [5.74, 6) is -1.13. The van der Waals surface area contributed by atoms with Crippen LogP contribution >= 0.6 is 0 Å². The highest BCUT2D eigenvalue weighted by Crippen LogP contribution is 2.35. The zero-order chi connectivity index (χ0) is 12.3. The van der Waals surface area contributed by atoms with Gasteiger partial charge in [-0.25, -0.2) is 4.39 Å². The average Bonchev–Trinajstić information content (AvgIpc) is 2.17. The molecule has 0 aliphatic carbocycles. The summed E-state index contributed by atoms with van der Waals surface area (Å²) in [4.78, 5) is 10.7. The average molecular weight is 224 g/mol. The Kier molecular flexibility index (Phi) is 3.68. The maximum absolute atomic E-state index is 14.5. The Morgan fingerprint density at radius 2 is 2.00 bits per heavy atom. The molecule has 0 bridgehead atoms. The molecule has 1 N–H and O–H groups in total. The summed E-state index contributed by atoms with van der Waals surface area (Å²) in [7, 11) is 0. The van der Waals surface area contributed by atoms with E-state index in [4.69, 9.17) is 5.11 Å². The van der Waals surface area contributed by atoms with Gasteiger partial charge in [0.25, 0.3) is 0 Å². The van der Waals surface area contributed by atoms with Crippen LogP contribution in [0, 0.1) is 5.92 Å². The summed E-state index contributed by atoms with van der Waals surface area (Å²) in [5.41, 5.74) is -0.465. The number of carboxylic acids is 1. The maximum Gasteiger partial charge on any atom is 0.307 e. The minimum atomic E-state index is -1.49. The molecule has 1 atom stereocenters. The Morgan fingerprint density at radius 1 is 1.44 bits per heavy atom. The number of halogens is 1. The van der Waals surface area contributed by atoms with Crippen molar-refractivity contribution >= 4 is 5.97 Å². The number of benzene rings is 1. The first-order valence-corrected chi connectivity index (χ1v) is 5.34. The fraction of sp³-hybridized carbons (Fsp3) is 0.462. The molecule has 0 amide bonds. The minimum Gasteiger partial charge on any atom is -0.481 e. The van der Waals surface area contributed by atoms with Crippen molar-refractivity contribution in [3.63, 3.8) is 0 Å². The van der Waals surface area contributed by atoms with E-state index in [1.165, 1.54) is 6.92 Å². The van der Waals surface area contributed by atoms with E-state index in [1.807, 2.05) is 0 Å². The normalized spacial score (nSPS) is 14.8. The Balaban J connectivity index is 3.17. The third kappa shape index (κ3) is 2.60. The molecule has 0 aromatic heterocycles. The molecule has 0 aliphatic heterocycles. The first-order valence-electron chi connectivity index (χ1n) is 5.34. The Labute approximate surface area is 95.1 Å². The van der Waals surface area contributed by atoms with Gasteiger partial charge >= 0.3 is 5.97 Å². The van der Waals surface area contributed by atoms with Crippen molar-refractivity contribution in [2.45, 2.75) is 32.9 Å². The number of hydrogen-bond acceptors (Lipinski definition) is 1. The zero-order valence-corrected chi connectivity index (χ0v) is 9.83. The second-order valence-corrected chi connectivity index (χ2v) is 4.46. The van der Waals surface area contributed by atoms with Gasteiger partial charge in [-0.2, -0.15) is 0 Å². The van der Waals surface area contributed by atoms with Crippen molar-refractivity contribution in [2.75, 3.05) is 0 Å². The van der Waals surface area contributed by atoms with Gasteiger partial charge in [-0.3, -0.25) is 4.79 Å². The predicted octanol–water partition coefficient (Wildman–Crippen LogP) is 3.15. The molecule has 1 rings (SSSR count). The lowest BCUT2D eigenvalue weighted by molar-refractivity contribution is -0.136. The summed E-state index contributed by atoms with van der Waals surface area (Å²) >= 11 is 0. The fourth-order valence-electron chi connectivity index (χ4n) is 1.63. The van der Waals surface area contributed by atoms with Gasteiger partial charge in [0.15, 0.2) is 0 Å². The van der Waals surface area contributed by atoms with E-state index >= 15 is 0 Å². The van der Waals surface area contributed by atoms with E-state index in [2.05, 4.69) is 0 Å². The number of carbonyl (C=O) groups is 1. The van der Waals surface area contributed by atoms with Gasteiger partial charge in [0.2, 0.25) is 0 Å². The van der Waals surface area contributed by atoms with Gasteiger partial charge in [0.05, 0.1) is 6.42 Å². The minimum absolute atomic E-state index is 0.137. The molecular weight excluding hydrogens is 207 g/mol. The van der Waals surface area contributed by atoms with Crippen LogP contribution < -0.4 is 0 Å². The fourth-order valence-corrected chi connectivity index (χ4v) is 1.63. The molecule has 1 unspecified atom stereocenters. The molecule has 0 heterocycles. The molecular formula is C13H17FO2. The molecule has 0 saturated heterocycles. The van der Waals surface area contributed by atoms with Crippen LogP contribution in [-0.4, -0.2) is 11.1 Å². The molecule has 1 aromatic rings. The first kappa shape index (κ1) is 12.7. The highest BCUT2D eigenvalue weighted by atomic mass is 19.1. The van der Waals surface area contributed by atoms with E-state index in [0.717, 1.165) is 0 Å². The third-order valence-electron chi connectivity index (χ3n) is 2.97. The molecule has 2 nitrogen and oxygen atoms in total. The van der Waals surface area contributed by atoms with Gasteiger partial charge < -0.3 is 5.11 Å². The predicted molar refractivity (Wildman–Crippen MR) is 61.1 cm³/mol. The molecule has 0 fully saturated rings. The number of hydrogen-bond donors (Lipinski definition) is 1. The quantitative estimate of drug-likeness (QED) is 0.853. The molecule has 0 aliphatic rings. The monoisotopic (exact) mass is 224 g/mol. The van der Waals surface area contributed by atoms with Crippen LogP contribution in [0.25, 0.3) is 0 Å². The van der Waals surface area contributed by atoms with Crippen molar-refractivity contribution < 1.29 is 14.3 Å². The smallest absolute Gasteiger partial charge is 0.307 e. The Morgan fingerprint density at radius 3 is 2.50 bits per heavy atom. The van der Waals surface area contributed by atoms with E-state index in [0.29, 0.717) is 11.1 Å². The summed E-state index contributed by atoms with van der Waals surface area (Å²) in [6, 6.07) is 6.81. The lowest BCUT2D eigenvalue weighted by Crippen LogP contribution is -2.25. The Bertz CT molecular complexity index is 383. The van der Waals surface area contributed by atoms with Crippen LogP contribution in [-0.2, 0) is 16.9 Å². The van der Waals surface area contributed by atoms with Crippen molar-refractivity contribution in [1.82, 2.24) is 0 Å². The highest BCUT2D eigenvalue weighted by Gasteiger charge is 2.32. The number of rotatable bonds is 4. The lowest BCUT2D eigenvalue weighted by atomic mass is 9.83. The number of carboxylic acid groups (broad SMARTS) is 1. The van der Waals surface area contributed by atoms with Crippen LogP contribution in [0.5, 0.6) is 0 Å². The van der Waals surface area contributed by atoms with Gasteiger partial charge in [-0.15, -0.1) is 0 Å². The van der Waals surface area contributed by atoms with Crippen molar-refractivity contribution in [3.05, 3.63) is 35.4 Å². The highest BCUT2D eigenvalue weighted by molar-refractivity contribution is 5.70. The molecule has 3 heteroatoms. The van der Waals surface area contributed by atoms with Crippen molar-refractivity contribution in [1.29, 1.82) is 0 Å². The molecule has 16 heavy (non-hydrogen) atoms. The summed E-state index contributed by atoms with van der Waals surface area (Å²) in [5, 5.41) is 8.77. The second-order valence-electron chi connectivity index (χ2n) is 4.46. The van der Waals surface area contributed by atoms with Crippen LogP contribution in [0.1, 0.15) is 31.9 Å². The van der Waals surface area contributed by atoms with Crippen molar-refractivity contribution in [3.8, 4) is 0 Å². The third-order valence-corrected chi connectivity index (χ3v) is 2.97. The van der Waals surface area contributed by atoms with Crippen LogP contribution in [0.2, 0.25) is 0 Å². The molecule has 1 aromatic carbocycles. The van der Waals surface area contributed by atoms with E-state index < -0.39 is 11.6 Å². The molecule has 0 spiro atoms. The number of alkyl halides is 1. The zero-order valence-electron chi connectivity index (χ0n) is 9.83. The van der Waals surface area contributed by atoms with Crippen LogP contribution in [0.3, 0.4) is 0 Å². The summed E-state index contributed by atoms with van der Waals surface area (Å²) in [6.45, 7) is 5.08. The maximum atomic E-state index is 14.5. The standard InChI is InChI=1S/C13H17FO2/c1-9(2)13(3,14)11-7-5-4-6-10(11)8-12(15)16/h4-7,9H,8H2,1-3H3,(H,15,16). The topological polar surface area (TPSA) is 37.3 Å². The number of aliphatic carboxylic acids is 1. The van der Waals surface area contributed by atoms with Crippen LogP contribution in [0.15, 0.2) is 24.3 Å². The summed E-state index contributed by atoms with van der Waals surface area (Å²) < 4.78 is 14.5. The van der Waals surface area contributed by atoms with Gasteiger partial charge in [0, 0.05) is 0 Å². The van der Waals surface area contributed by atoms with Gasteiger partial charge in [0.1, 0.15) is 5.67 Å². The first-order chi connectivity index (χ1) is 7.35. The van der Waals surface area contributed by atoms with E-state index in [-0.39, 0.29) is 12.3 Å². The largest absolute Gasteiger partial charge is 0.481 e. The summed E-state index contributed by atoms with van der Waals surface area (Å²) in [6.07, 6.45) is -0.137. The Hall–Kier alpha value is -1.38. The SMILES string of the molecule is CC(C)C(C)(F)c1ccccc1CC(=O)O. The lowest BCUT2D eigenvalue weighted by Gasteiger charge is -2.27. The van der Waals surface area contributed by atoms with E-state index in [1.54, 1.807) is 38.1 Å². The van der Waals surface area contributed by atoms with Gasteiger partial charge in [-0.05, 0) is 24.0 Å². The molecule has 88 valence electrons. The molecule has 0 saturated carbocycles. The second kappa shape index (κ2) is 4.64. The molecule has 0 radical (unpaired) electrons.